The van der Waals surface area contributed by atoms with Crippen molar-refractivity contribution in [3.8, 4) is 0 Å². The topological polar surface area (TPSA) is 169 Å². The maximum Gasteiger partial charge on any atom is 0.220 e. The molecular weight excluding hydrogens is 759 g/mol. The normalized spacial score (nSPS) is 21.0. The van der Waals surface area contributed by atoms with E-state index in [2.05, 4.69) is 19.2 Å². The fourth-order valence-corrected chi connectivity index (χ4v) is 8.61. The average Bonchev–Trinajstić information content (AvgIpc) is 3.25. The molecule has 7 N–H and O–H groups in total. The maximum absolute atomic E-state index is 13.0. The minimum Gasteiger partial charge on any atom is -0.394 e. The van der Waals surface area contributed by atoms with Crippen LogP contribution in [-0.4, -0.2) is 98.7 Å². The summed E-state index contributed by atoms with van der Waals surface area (Å²) >= 11 is 0. The third-order valence-corrected chi connectivity index (χ3v) is 12.8. The van der Waals surface area contributed by atoms with Crippen LogP contribution >= 0.6 is 0 Å². The number of aliphatic hydroxyl groups excluding tert-OH is 6. The summed E-state index contributed by atoms with van der Waals surface area (Å²) in [5.41, 5.74) is 0. The lowest BCUT2D eigenvalue weighted by atomic mass is 9.98. The van der Waals surface area contributed by atoms with Gasteiger partial charge in [-0.05, 0) is 12.8 Å². The monoisotopic (exact) mass is 858 g/mol. The van der Waals surface area contributed by atoms with Crippen molar-refractivity contribution in [1.29, 1.82) is 0 Å². The SMILES string of the molecule is CCCCCCCCCCCCCCCCCCCCCCCCCC(=O)NC(COC1OC(CO)C(O)C(O)C1O)[C@@H](O)C(O)CCCCCCCCCCCCCC. The summed E-state index contributed by atoms with van der Waals surface area (Å²) in [7, 11) is 0. The van der Waals surface area contributed by atoms with Crippen LogP contribution in [0, 0.1) is 0 Å². The van der Waals surface area contributed by atoms with E-state index in [1.54, 1.807) is 0 Å². The molecule has 7 unspecified atom stereocenters. The molecule has 1 aliphatic heterocycles. The van der Waals surface area contributed by atoms with Crippen molar-refractivity contribution >= 4 is 5.91 Å². The number of rotatable bonds is 44. The lowest BCUT2D eigenvalue weighted by molar-refractivity contribution is -0.303. The highest BCUT2D eigenvalue weighted by atomic mass is 16.7. The molecule has 0 aromatic carbocycles. The Labute approximate surface area is 368 Å². The van der Waals surface area contributed by atoms with E-state index >= 15 is 0 Å². The number of amides is 1. The van der Waals surface area contributed by atoms with Gasteiger partial charge in [-0.25, -0.2) is 0 Å². The third-order valence-electron chi connectivity index (χ3n) is 12.8. The van der Waals surface area contributed by atoms with Crippen LogP contribution in [0.4, 0.5) is 0 Å². The van der Waals surface area contributed by atoms with E-state index in [0.717, 1.165) is 38.5 Å². The van der Waals surface area contributed by atoms with E-state index in [0.29, 0.717) is 6.42 Å². The van der Waals surface area contributed by atoms with Gasteiger partial charge in [-0.1, -0.05) is 232 Å². The van der Waals surface area contributed by atoms with Crippen molar-refractivity contribution in [2.24, 2.45) is 0 Å². The first kappa shape index (κ1) is 57.2. The molecule has 0 aromatic heterocycles. The first-order chi connectivity index (χ1) is 29.3. The Balaban J connectivity index is 2.26. The standard InChI is InChI=1S/C50H99NO9/c1-3-5-7-9-11-13-15-17-18-19-20-21-22-23-24-25-26-27-29-31-33-35-37-39-45(54)51-42(41-59-50-49(58)48(57)47(56)44(40-52)60-50)46(55)43(53)38-36-34-32-30-28-16-14-12-10-8-6-4-2/h42-44,46-50,52-53,55-58H,3-41H2,1-2H3,(H,51,54)/t42?,43?,44?,46-,47?,48?,49?,50?/m1/s1. The van der Waals surface area contributed by atoms with Crippen LogP contribution in [0.1, 0.15) is 251 Å². The molecule has 358 valence electrons. The van der Waals surface area contributed by atoms with Crippen LogP contribution in [-0.2, 0) is 14.3 Å². The van der Waals surface area contributed by atoms with E-state index < -0.39 is 55.6 Å². The van der Waals surface area contributed by atoms with E-state index in [9.17, 15) is 35.4 Å². The number of carbonyl (C=O) groups excluding carboxylic acids is 1. The highest BCUT2D eigenvalue weighted by molar-refractivity contribution is 5.76. The summed E-state index contributed by atoms with van der Waals surface area (Å²) in [6, 6.07) is -0.985. The predicted molar refractivity (Wildman–Crippen MR) is 246 cm³/mol. The first-order valence-electron chi connectivity index (χ1n) is 25.8. The third kappa shape index (κ3) is 30.3. The largest absolute Gasteiger partial charge is 0.394 e. The molecule has 10 nitrogen and oxygen atoms in total. The summed E-state index contributed by atoms with van der Waals surface area (Å²) < 4.78 is 11.2. The van der Waals surface area contributed by atoms with Gasteiger partial charge in [0.1, 0.15) is 30.5 Å². The zero-order valence-electron chi connectivity index (χ0n) is 39.1. The summed E-state index contributed by atoms with van der Waals surface area (Å²) in [5.74, 6) is -0.252. The Kier molecular flexibility index (Phi) is 39.0. The number of ether oxygens (including phenoxy) is 2. The molecule has 0 saturated carbocycles. The van der Waals surface area contributed by atoms with E-state index in [1.165, 1.54) is 186 Å². The smallest absolute Gasteiger partial charge is 0.220 e. The summed E-state index contributed by atoms with van der Waals surface area (Å²) in [6.45, 7) is 3.63. The van der Waals surface area contributed by atoms with Gasteiger partial charge >= 0.3 is 0 Å². The van der Waals surface area contributed by atoms with Crippen molar-refractivity contribution in [2.45, 2.75) is 300 Å². The fourth-order valence-electron chi connectivity index (χ4n) is 8.61. The van der Waals surface area contributed by atoms with Crippen molar-refractivity contribution in [3.63, 3.8) is 0 Å². The van der Waals surface area contributed by atoms with Gasteiger partial charge in [-0.3, -0.25) is 4.79 Å². The molecule has 0 aromatic rings. The average molecular weight is 858 g/mol. The lowest BCUT2D eigenvalue weighted by Gasteiger charge is -2.40. The van der Waals surface area contributed by atoms with Crippen LogP contribution in [0.5, 0.6) is 0 Å². The molecule has 0 radical (unpaired) electrons. The van der Waals surface area contributed by atoms with Crippen molar-refractivity contribution in [1.82, 2.24) is 5.32 Å². The second kappa shape index (κ2) is 40.9. The van der Waals surface area contributed by atoms with Gasteiger partial charge in [0.25, 0.3) is 0 Å². The molecule has 0 bridgehead atoms. The summed E-state index contributed by atoms with van der Waals surface area (Å²) in [5, 5.41) is 65.3. The van der Waals surface area contributed by atoms with Crippen molar-refractivity contribution < 1.29 is 44.9 Å². The van der Waals surface area contributed by atoms with E-state index in [4.69, 9.17) is 9.47 Å². The number of hydrogen-bond donors (Lipinski definition) is 7. The Hall–Kier alpha value is -0.850. The van der Waals surface area contributed by atoms with Gasteiger partial charge in [0.05, 0.1) is 25.4 Å². The van der Waals surface area contributed by atoms with Gasteiger partial charge in [0.2, 0.25) is 5.91 Å². The van der Waals surface area contributed by atoms with Crippen molar-refractivity contribution in [3.05, 3.63) is 0 Å². The molecule has 1 aliphatic rings. The fraction of sp³-hybridized carbons (Fsp3) is 0.980. The predicted octanol–water partition coefficient (Wildman–Crippen LogP) is 10.5. The zero-order valence-corrected chi connectivity index (χ0v) is 39.1. The van der Waals surface area contributed by atoms with Crippen LogP contribution < -0.4 is 5.32 Å². The zero-order chi connectivity index (χ0) is 43.9. The van der Waals surface area contributed by atoms with E-state index in [1.807, 2.05) is 0 Å². The van der Waals surface area contributed by atoms with Gasteiger partial charge in [0, 0.05) is 6.42 Å². The molecular formula is C50H99NO9. The second-order valence-corrected chi connectivity index (χ2v) is 18.5. The summed E-state index contributed by atoms with van der Waals surface area (Å²) in [6.07, 6.45) is 35.5. The number of carbonyl (C=O) groups is 1. The molecule has 60 heavy (non-hydrogen) atoms. The van der Waals surface area contributed by atoms with Crippen LogP contribution in [0.25, 0.3) is 0 Å². The highest BCUT2D eigenvalue weighted by Gasteiger charge is 2.44. The van der Waals surface area contributed by atoms with Gasteiger partial charge in [-0.15, -0.1) is 0 Å². The lowest BCUT2D eigenvalue weighted by Crippen LogP contribution is -2.60. The Morgan fingerprint density at radius 3 is 1.23 bits per heavy atom. The quantitative estimate of drug-likeness (QED) is 0.0295. The Morgan fingerprint density at radius 2 is 0.867 bits per heavy atom. The molecule has 1 heterocycles. The van der Waals surface area contributed by atoms with Gasteiger partial charge in [0.15, 0.2) is 6.29 Å². The Morgan fingerprint density at radius 1 is 0.517 bits per heavy atom. The minimum atomic E-state index is -1.60. The van der Waals surface area contributed by atoms with Crippen molar-refractivity contribution in [2.75, 3.05) is 13.2 Å². The molecule has 1 saturated heterocycles. The Bertz CT molecular complexity index is 926. The molecule has 8 atom stereocenters. The van der Waals surface area contributed by atoms with Crippen LogP contribution in [0.15, 0.2) is 0 Å². The molecule has 10 heteroatoms. The highest BCUT2D eigenvalue weighted by Crippen LogP contribution is 2.23. The second-order valence-electron chi connectivity index (χ2n) is 18.5. The molecule has 0 aliphatic carbocycles. The first-order valence-corrected chi connectivity index (χ1v) is 25.8. The van der Waals surface area contributed by atoms with Crippen LogP contribution in [0.3, 0.4) is 0 Å². The molecule has 1 fully saturated rings. The number of hydrogen-bond acceptors (Lipinski definition) is 9. The molecule has 0 spiro atoms. The van der Waals surface area contributed by atoms with Crippen LogP contribution in [0.2, 0.25) is 0 Å². The van der Waals surface area contributed by atoms with Gasteiger partial charge in [-0.2, -0.15) is 0 Å². The number of aliphatic hydroxyl groups is 6. The van der Waals surface area contributed by atoms with Gasteiger partial charge < -0.3 is 45.4 Å². The minimum absolute atomic E-state index is 0.252. The summed E-state index contributed by atoms with van der Waals surface area (Å²) in [4.78, 5) is 13.0. The maximum atomic E-state index is 13.0. The molecule has 1 rings (SSSR count). The number of nitrogens with one attached hydrogen (secondary N) is 1. The van der Waals surface area contributed by atoms with E-state index in [-0.39, 0.29) is 18.9 Å². The molecule has 1 amide bonds. The number of unbranched alkanes of at least 4 members (excludes halogenated alkanes) is 33.